The molecule has 2 aromatic heterocycles. The number of rotatable bonds is 3. The Morgan fingerprint density at radius 3 is 2.83 bits per heavy atom. The summed E-state index contributed by atoms with van der Waals surface area (Å²) in [6.07, 6.45) is 6.04. The third-order valence-electron chi connectivity index (χ3n) is 4.55. The van der Waals surface area contributed by atoms with Gasteiger partial charge in [0.15, 0.2) is 0 Å². The van der Waals surface area contributed by atoms with Gasteiger partial charge in [-0.05, 0) is 31.4 Å². The van der Waals surface area contributed by atoms with E-state index < -0.39 is 0 Å². The van der Waals surface area contributed by atoms with Gasteiger partial charge in [-0.2, -0.15) is 0 Å². The number of imidazole rings is 1. The number of benzene rings is 1. The van der Waals surface area contributed by atoms with Gasteiger partial charge in [0, 0.05) is 30.9 Å². The Labute approximate surface area is 141 Å². The highest BCUT2D eigenvalue weighted by molar-refractivity contribution is 5.58. The van der Waals surface area contributed by atoms with Crippen molar-refractivity contribution in [2.75, 3.05) is 18.0 Å². The van der Waals surface area contributed by atoms with Crippen molar-refractivity contribution in [3.63, 3.8) is 0 Å². The average molecular weight is 319 g/mol. The van der Waals surface area contributed by atoms with Gasteiger partial charge in [0.25, 0.3) is 0 Å². The summed E-state index contributed by atoms with van der Waals surface area (Å²) in [5, 5.41) is 0. The average Bonchev–Trinajstić information content (AvgIpc) is 3.13. The van der Waals surface area contributed by atoms with Crippen molar-refractivity contribution >= 4 is 5.95 Å². The van der Waals surface area contributed by atoms with E-state index in [1.807, 2.05) is 43.6 Å². The van der Waals surface area contributed by atoms with Crippen LogP contribution in [0.15, 0.2) is 48.8 Å². The van der Waals surface area contributed by atoms with Gasteiger partial charge in [0.2, 0.25) is 5.95 Å². The Kier molecular flexibility index (Phi) is 3.99. The molecule has 1 aliphatic rings. The molecule has 0 saturated carbocycles. The molecular weight excluding hydrogens is 298 g/mol. The van der Waals surface area contributed by atoms with Crippen LogP contribution in [0.25, 0.3) is 11.3 Å². The number of anilines is 1. The van der Waals surface area contributed by atoms with E-state index in [0.717, 1.165) is 49.1 Å². The first-order chi connectivity index (χ1) is 11.8. The molecule has 24 heavy (non-hydrogen) atoms. The quantitative estimate of drug-likeness (QED) is 0.802. The van der Waals surface area contributed by atoms with Crippen LogP contribution in [0.2, 0.25) is 0 Å². The second-order valence-corrected chi connectivity index (χ2v) is 6.33. The minimum absolute atomic E-state index is 0.389. The van der Waals surface area contributed by atoms with Crippen LogP contribution in [0.5, 0.6) is 0 Å². The first-order valence-electron chi connectivity index (χ1n) is 8.44. The SMILES string of the molecule is Cc1ccnc(N2CCCC(c3ncc(-c4ccccc4)[nH]3)C2)n1. The maximum atomic E-state index is 4.64. The Morgan fingerprint density at radius 2 is 2.00 bits per heavy atom. The molecule has 5 heteroatoms. The minimum Gasteiger partial charge on any atom is -0.342 e. The van der Waals surface area contributed by atoms with Gasteiger partial charge in [-0.1, -0.05) is 30.3 Å². The number of hydrogen-bond donors (Lipinski definition) is 1. The third kappa shape index (κ3) is 3.02. The lowest BCUT2D eigenvalue weighted by molar-refractivity contribution is 0.488. The Bertz CT molecular complexity index is 811. The molecule has 4 rings (SSSR count). The van der Waals surface area contributed by atoms with E-state index in [4.69, 9.17) is 0 Å². The minimum atomic E-state index is 0.389. The standard InChI is InChI=1S/C19H21N5/c1-14-9-10-20-19(22-14)24-11-5-8-16(13-24)18-21-12-17(23-18)15-6-3-2-4-7-15/h2-4,6-7,9-10,12,16H,5,8,11,13H2,1H3,(H,21,23). The van der Waals surface area contributed by atoms with Crippen molar-refractivity contribution in [2.45, 2.75) is 25.7 Å². The highest BCUT2D eigenvalue weighted by Crippen LogP contribution is 2.28. The molecule has 3 heterocycles. The van der Waals surface area contributed by atoms with Gasteiger partial charge in [0.1, 0.15) is 5.82 Å². The monoisotopic (exact) mass is 319 g/mol. The predicted octanol–water partition coefficient (Wildman–Crippen LogP) is 3.56. The number of H-pyrrole nitrogens is 1. The number of aromatic amines is 1. The Hall–Kier alpha value is -2.69. The molecule has 5 nitrogen and oxygen atoms in total. The van der Waals surface area contributed by atoms with Crippen LogP contribution in [0.4, 0.5) is 5.95 Å². The molecule has 1 saturated heterocycles. The molecule has 1 unspecified atom stereocenters. The number of nitrogens with one attached hydrogen (secondary N) is 1. The maximum absolute atomic E-state index is 4.64. The fourth-order valence-corrected chi connectivity index (χ4v) is 3.28. The molecule has 1 aromatic carbocycles. The molecule has 0 radical (unpaired) electrons. The number of nitrogens with zero attached hydrogens (tertiary/aromatic N) is 4. The van der Waals surface area contributed by atoms with E-state index in [-0.39, 0.29) is 0 Å². The van der Waals surface area contributed by atoms with Crippen molar-refractivity contribution < 1.29 is 0 Å². The van der Waals surface area contributed by atoms with Crippen LogP contribution in [-0.2, 0) is 0 Å². The fourth-order valence-electron chi connectivity index (χ4n) is 3.28. The van der Waals surface area contributed by atoms with E-state index in [2.05, 4.69) is 37.0 Å². The van der Waals surface area contributed by atoms with E-state index in [0.29, 0.717) is 5.92 Å². The highest BCUT2D eigenvalue weighted by Gasteiger charge is 2.25. The molecule has 1 atom stereocenters. The summed E-state index contributed by atoms with van der Waals surface area (Å²) in [7, 11) is 0. The zero-order valence-electron chi connectivity index (χ0n) is 13.8. The fraction of sp³-hybridized carbons (Fsp3) is 0.316. The van der Waals surface area contributed by atoms with Crippen LogP contribution in [0.3, 0.4) is 0 Å². The van der Waals surface area contributed by atoms with E-state index in [9.17, 15) is 0 Å². The summed E-state index contributed by atoms with van der Waals surface area (Å²) in [5.74, 6) is 2.28. The summed E-state index contributed by atoms with van der Waals surface area (Å²) in [6, 6.07) is 12.3. The van der Waals surface area contributed by atoms with Crippen molar-refractivity contribution in [3.05, 3.63) is 60.3 Å². The van der Waals surface area contributed by atoms with Crippen LogP contribution >= 0.6 is 0 Å². The maximum Gasteiger partial charge on any atom is 0.225 e. The smallest absolute Gasteiger partial charge is 0.225 e. The van der Waals surface area contributed by atoms with Crippen LogP contribution in [0, 0.1) is 6.92 Å². The normalized spacial score (nSPS) is 17.9. The summed E-state index contributed by atoms with van der Waals surface area (Å²) < 4.78 is 0. The molecule has 1 N–H and O–H groups in total. The lowest BCUT2D eigenvalue weighted by Crippen LogP contribution is -2.36. The first-order valence-corrected chi connectivity index (χ1v) is 8.44. The van der Waals surface area contributed by atoms with Crippen molar-refractivity contribution in [2.24, 2.45) is 0 Å². The lowest BCUT2D eigenvalue weighted by atomic mass is 9.97. The van der Waals surface area contributed by atoms with Gasteiger partial charge in [-0.3, -0.25) is 0 Å². The number of aryl methyl sites for hydroxylation is 1. The molecule has 1 aliphatic heterocycles. The largest absolute Gasteiger partial charge is 0.342 e. The highest BCUT2D eigenvalue weighted by atomic mass is 15.3. The molecule has 1 fully saturated rings. The second-order valence-electron chi connectivity index (χ2n) is 6.33. The third-order valence-corrected chi connectivity index (χ3v) is 4.55. The van der Waals surface area contributed by atoms with Gasteiger partial charge in [0.05, 0.1) is 11.9 Å². The number of aromatic nitrogens is 4. The summed E-state index contributed by atoms with van der Waals surface area (Å²) in [6.45, 7) is 3.92. The van der Waals surface area contributed by atoms with Crippen molar-refractivity contribution in [1.82, 2.24) is 19.9 Å². The Balaban J connectivity index is 1.53. The van der Waals surface area contributed by atoms with Crippen molar-refractivity contribution in [3.8, 4) is 11.3 Å². The molecule has 122 valence electrons. The molecule has 0 aliphatic carbocycles. The first kappa shape index (κ1) is 14.9. The zero-order valence-corrected chi connectivity index (χ0v) is 13.8. The van der Waals surface area contributed by atoms with Crippen LogP contribution < -0.4 is 4.90 Å². The summed E-state index contributed by atoms with van der Waals surface area (Å²) in [4.78, 5) is 19.4. The summed E-state index contributed by atoms with van der Waals surface area (Å²) >= 11 is 0. The number of piperidine rings is 1. The van der Waals surface area contributed by atoms with E-state index in [1.54, 1.807) is 0 Å². The summed E-state index contributed by atoms with van der Waals surface area (Å²) in [5.41, 5.74) is 3.26. The van der Waals surface area contributed by atoms with Gasteiger partial charge >= 0.3 is 0 Å². The topological polar surface area (TPSA) is 57.7 Å². The van der Waals surface area contributed by atoms with Crippen molar-refractivity contribution in [1.29, 1.82) is 0 Å². The molecule has 3 aromatic rings. The van der Waals surface area contributed by atoms with Gasteiger partial charge < -0.3 is 9.88 Å². The molecule has 0 bridgehead atoms. The molecular formula is C19H21N5. The zero-order chi connectivity index (χ0) is 16.4. The van der Waals surface area contributed by atoms with Gasteiger partial charge in [-0.15, -0.1) is 0 Å². The molecule has 0 spiro atoms. The lowest BCUT2D eigenvalue weighted by Gasteiger charge is -2.31. The van der Waals surface area contributed by atoms with Crippen LogP contribution in [0.1, 0.15) is 30.3 Å². The number of hydrogen-bond acceptors (Lipinski definition) is 4. The Morgan fingerprint density at radius 1 is 1.12 bits per heavy atom. The second kappa shape index (κ2) is 6.43. The molecule has 0 amide bonds. The van der Waals surface area contributed by atoms with E-state index >= 15 is 0 Å². The predicted molar refractivity (Wildman–Crippen MR) is 95.0 cm³/mol. The van der Waals surface area contributed by atoms with E-state index in [1.165, 1.54) is 5.56 Å². The van der Waals surface area contributed by atoms with Gasteiger partial charge in [-0.25, -0.2) is 15.0 Å². The van der Waals surface area contributed by atoms with Crippen LogP contribution in [-0.4, -0.2) is 33.0 Å².